The Morgan fingerprint density at radius 1 is 1.17 bits per heavy atom. The first-order valence-corrected chi connectivity index (χ1v) is 12.5. The van der Waals surface area contributed by atoms with E-state index < -0.39 is 11.7 Å². The van der Waals surface area contributed by atoms with Crippen molar-refractivity contribution in [2.45, 2.75) is 56.8 Å². The number of halogens is 3. The molecule has 2 aromatic rings. The van der Waals surface area contributed by atoms with E-state index in [1.54, 1.807) is 37.4 Å². The number of carbonyl (C=O) groups excluding carboxylic acids is 1. The number of pyridine rings is 1. The summed E-state index contributed by atoms with van der Waals surface area (Å²) in [6.07, 6.45) is 0.764. The van der Waals surface area contributed by atoms with Crippen molar-refractivity contribution in [3.63, 3.8) is 0 Å². The molecule has 1 aliphatic heterocycles. The van der Waals surface area contributed by atoms with Crippen LogP contribution in [0.5, 0.6) is 0 Å². The predicted molar refractivity (Wildman–Crippen MR) is 131 cm³/mol. The second kappa shape index (κ2) is 11.2. The van der Waals surface area contributed by atoms with Crippen molar-refractivity contribution >= 4 is 5.91 Å². The first kappa shape index (κ1) is 26.4. The normalized spacial score (nSPS) is 20.4. The summed E-state index contributed by atoms with van der Waals surface area (Å²) in [5.41, 5.74) is 1.12. The van der Waals surface area contributed by atoms with Crippen LogP contribution >= 0.6 is 0 Å². The Hall–Kier alpha value is -2.65. The molecule has 1 saturated heterocycles. The third-order valence-electron chi connectivity index (χ3n) is 7.17. The molecule has 2 heterocycles. The largest absolute Gasteiger partial charge is 0.416 e. The van der Waals surface area contributed by atoms with Gasteiger partial charge in [-0.1, -0.05) is 6.07 Å². The third kappa shape index (κ3) is 6.37. The number of hydrogen-bond acceptors (Lipinski definition) is 4. The lowest BCUT2D eigenvalue weighted by atomic mass is 9.80. The molecule has 1 aromatic carbocycles. The van der Waals surface area contributed by atoms with Gasteiger partial charge in [-0.25, -0.2) is 0 Å². The van der Waals surface area contributed by atoms with Gasteiger partial charge in [-0.15, -0.1) is 0 Å². The number of alkyl halides is 3. The maximum atomic E-state index is 13.9. The summed E-state index contributed by atoms with van der Waals surface area (Å²) >= 11 is 0. The molecule has 6 nitrogen and oxygen atoms in total. The lowest BCUT2D eigenvalue weighted by Crippen LogP contribution is -2.47. The van der Waals surface area contributed by atoms with Gasteiger partial charge in [0.15, 0.2) is 0 Å². The molecule has 0 spiro atoms. The van der Waals surface area contributed by atoms with E-state index in [2.05, 4.69) is 5.32 Å². The van der Waals surface area contributed by atoms with Gasteiger partial charge in [-0.3, -0.25) is 9.59 Å². The number of nitrogens with one attached hydrogen (secondary N) is 1. The van der Waals surface area contributed by atoms with Gasteiger partial charge < -0.3 is 19.5 Å². The Morgan fingerprint density at radius 3 is 2.58 bits per heavy atom. The van der Waals surface area contributed by atoms with Crippen LogP contribution in [0.4, 0.5) is 13.2 Å². The number of carbonyl (C=O) groups is 1. The minimum Gasteiger partial charge on any atom is -0.385 e. The molecule has 2 aliphatic rings. The van der Waals surface area contributed by atoms with Gasteiger partial charge >= 0.3 is 6.18 Å². The monoisotopic (exact) mass is 505 g/mol. The third-order valence-corrected chi connectivity index (χ3v) is 7.17. The number of nitrogens with zero attached hydrogens (tertiary/aromatic N) is 2. The van der Waals surface area contributed by atoms with Gasteiger partial charge in [-0.2, -0.15) is 13.2 Å². The zero-order chi connectivity index (χ0) is 25.9. The molecule has 2 fully saturated rings. The van der Waals surface area contributed by atoms with E-state index in [-0.39, 0.29) is 35.9 Å². The molecule has 36 heavy (non-hydrogen) atoms. The Kier molecular flexibility index (Phi) is 8.20. The van der Waals surface area contributed by atoms with Crippen molar-refractivity contribution in [2.24, 2.45) is 13.0 Å². The van der Waals surface area contributed by atoms with Gasteiger partial charge in [0.25, 0.3) is 5.56 Å². The quantitative estimate of drug-likeness (QED) is 0.526. The number of rotatable bonds is 9. The summed E-state index contributed by atoms with van der Waals surface area (Å²) in [6.45, 7) is 1.83. The Labute approximate surface area is 209 Å². The number of methoxy groups -OCH3 is 1. The number of amides is 1. The average Bonchev–Trinajstić information content (AvgIpc) is 3.69. The number of ether oxygens (including phenoxy) is 1. The highest BCUT2D eigenvalue weighted by atomic mass is 19.4. The standard InChI is InChI=1S/C27H34F3N3O3/c1-32-10-8-20(15-25(32)34)23-7-9-31-16-24(23)26(35)33(22-5-6-22)17-19-12-18(4-3-11-36-2)13-21(14-19)27(28,29)30/h8,10,12-15,22-24,31H,3-7,9,11,16-17H2,1-2H3/t23-,24+/m0/s1. The molecule has 0 unspecified atom stereocenters. The highest BCUT2D eigenvalue weighted by molar-refractivity contribution is 5.81. The molecular formula is C27H34F3N3O3. The van der Waals surface area contributed by atoms with Crippen molar-refractivity contribution in [2.75, 3.05) is 26.8 Å². The molecule has 9 heteroatoms. The predicted octanol–water partition coefficient (Wildman–Crippen LogP) is 3.87. The van der Waals surface area contributed by atoms with Crippen LogP contribution in [0.15, 0.2) is 41.3 Å². The maximum Gasteiger partial charge on any atom is 0.416 e. The van der Waals surface area contributed by atoms with Crippen molar-refractivity contribution < 1.29 is 22.7 Å². The number of aromatic nitrogens is 1. The first-order chi connectivity index (χ1) is 17.2. The first-order valence-electron chi connectivity index (χ1n) is 12.5. The molecule has 196 valence electrons. The van der Waals surface area contributed by atoms with Crippen LogP contribution in [-0.2, 0) is 35.7 Å². The lowest BCUT2D eigenvalue weighted by Gasteiger charge is -2.36. The molecule has 4 rings (SSSR count). The Bertz CT molecular complexity index is 1130. The van der Waals surface area contributed by atoms with E-state index in [4.69, 9.17) is 4.74 Å². The van der Waals surface area contributed by atoms with Gasteiger partial charge in [-0.05, 0) is 79.5 Å². The minimum absolute atomic E-state index is 0.0372. The van der Waals surface area contributed by atoms with E-state index in [1.807, 2.05) is 6.07 Å². The maximum absolute atomic E-state index is 13.9. The molecule has 0 bridgehead atoms. The highest BCUT2D eigenvalue weighted by Crippen LogP contribution is 2.37. The van der Waals surface area contributed by atoms with E-state index in [9.17, 15) is 22.8 Å². The van der Waals surface area contributed by atoms with Crippen molar-refractivity contribution in [1.29, 1.82) is 0 Å². The zero-order valence-corrected chi connectivity index (χ0v) is 20.8. The summed E-state index contributed by atoms with van der Waals surface area (Å²) in [6, 6.07) is 7.66. The van der Waals surface area contributed by atoms with Gasteiger partial charge in [0, 0.05) is 52.2 Å². The van der Waals surface area contributed by atoms with Gasteiger partial charge in [0.05, 0.1) is 11.5 Å². The molecule has 0 radical (unpaired) electrons. The van der Waals surface area contributed by atoms with Crippen molar-refractivity contribution in [3.8, 4) is 0 Å². The summed E-state index contributed by atoms with van der Waals surface area (Å²) in [7, 11) is 3.25. The SMILES string of the molecule is COCCCc1cc(CN(C(=O)[C@@H]2CNCC[C@H]2c2ccn(C)c(=O)c2)C2CC2)cc(C(F)(F)F)c1. The molecule has 1 aromatic heterocycles. The second-order valence-electron chi connectivity index (χ2n) is 9.94. The van der Waals surface area contributed by atoms with E-state index in [0.29, 0.717) is 37.1 Å². The number of benzene rings is 1. The summed E-state index contributed by atoms with van der Waals surface area (Å²) in [5, 5.41) is 3.29. The second-order valence-corrected chi connectivity index (χ2v) is 9.94. The minimum atomic E-state index is -4.46. The fraction of sp³-hybridized carbons (Fsp3) is 0.556. The molecule has 1 N–H and O–H groups in total. The van der Waals surface area contributed by atoms with Gasteiger partial charge in [0.2, 0.25) is 5.91 Å². The van der Waals surface area contributed by atoms with Crippen molar-refractivity contribution in [1.82, 2.24) is 14.8 Å². The molecule has 1 amide bonds. The fourth-order valence-corrected chi connectivity index (χ4v) is 5.08. The number of piperidine rings is 1. The summed E-state index contributed by atoms with van der Waals surface area (Å²) in [5.74, 6) is -0.549. The van der Waals surface area contributed by atoms with Gasteiger partial charge in [0.1, 0.15) is 0 Å². The molecular weight excluding hydrogens is 471 g/mol. The van der Waals surface area contributed by atoms with E-state index >= 15 is 0 Å². The average molecular weight is 506 g/mol. The molecule has 2 atom stereocenters. The van der Waals surface area contributed by atoms with Crippen LogP contribution < -0.4 is 10.9 Å². The van der Waals surface area contributed by atoms with Crippen molar-refractivity contribution in [3.05, 3.63) is 69.1 Å². The van der Waals surface area contributed by atoms with E-state index in [0.717, 1.165) is 31.4 Å². The zero-order valence-electron chi connectivity index (χ0n) is 20.8. The molecule has 1 saturated carbocycles. The van der Waals surface area contributed by atoms with Crippen LogP contribution in [0.2, 0.25) is 0 Å². The summed E-state index contributed by atoms with van der Waals surface area (Å²) < 4.78 is 47.5. The smallest absolute Gasteiger partial charge is 0.385 e. The van der Waals surface area contributed by atoms with E-state index in [1.165, 1.54) is 16.7 Å². The van der Waals surface area contributed by atoms with Crippen LogP contribution in [0.25, 0.3) is 0 Å². The highest BCUT2D eigenvalue weighted by Gasteiger charge is 2.40. The summed E-state index contributed by atoms with van der Waals surface area (Å²) in [4.78, 5) is 27.9. The van der Waals surface area contributed by atoms with Crippen LogP contribution in [-0.4, -0.2) is 48.2 Å². The lowest BCUT2D eigenvalue weighted by molar-refractivity contribution is -0.138. The Morgan fingerprint density at radius 2 is 1.92 bits per heavy atom. The van der Waals surface area contributed by atoms with Crippen LogP contribution in [0.1, 0.15) is 53.9 Å². The fourth-order valence-electron chi connectivity index (χ4n) is 5.08. The van der Waals surface area contributed by atoms with Crippen LogP contribution in [0, 0.1) is 5.92 Å². The number of aryl methyl sites for hydroxylation is 2. The molecule has 1 aliphatic carbocycles. The Balaban J connectivity index is 1.60. The number of hydrogen-bond donors (Lipinski definition) is 1. The van der Waals surface area contributed by atoms with Crippen LogP contribution in [0.3, 0.4) is 0 Å². The topological polar surface area (TPSA) is 63.6 Å².